The molecular weight excluding hydrogens is 356 g/mol. The Bertz CT molecular complexity index is 1040. The molecule has 6 nitrogen and oxygen atoms in total. The van der Waals surface area contributed by atoms with Gasteiger partial charge in [-0.2, -0.15) is 10.5 Å². The van der Waals surface area contributed by atoms with Gasteiger partial charge in [-0.15, -0.1) is 0 Å². The van der Waals surface area contributed by atoms with Crippen molar-refractivity contribution >= 4 is 32.5 Å². The fourth-order valence-corrected chi connectivity index (χ4v) is 4.36. The second-order valence-corrected chi connectivity index (χ2v) is 7.65. The molecule has 0 aliphatic carbocycles. The first-order valence-electron chi connectivity index (χ1n) is 8.88. The molecule has 4 rings (SSSR count). The summed E-state index contributed by atoms with van der Waals surface area (Å²) in [6.45, 7) is 2.44. The maximum absolute atomic E-state index is 9.03. The van der Waals surface area contributed by atoms with Gasteiger partial charge in [-0.3, -0.25) is 4.90 Å². The molecule has 0 saturated carbocycles. The Hall–Kier alpha value is -3.00. The van der Waals surface area contributed by atoms with Crippen molar-refractivity contribution < 1.29 is 0 Å². The number of nitrogens with zero attached hydrogens (tertiary/aromatic N) is 5. The van der Waals surface area contributed by atoms with E-state index in [9.17, 15) is 0 Å². The van der Waals surface area contributed by atoms with E-state index in [1.165, 1.54) is 16.9 Å². The number of rotatable bonds is 4. The highest BCUT2D eigenvalue weighted by molar-refractivity contribution is 7.22. The molecule has 3 heterocycles. The van der Waals surface area contributed by atoms with E-state index in [4.69, 9.17) is 10.5 Å². The molecule has 0 unspecified atom stereocenters. The minimum absolute atomic E-state index is 0.497. The maximum atomic E-state index is 9.03. The van der Waals surface area contributed by atoms with Crippen LogP contribution >= 0.6 is 11.3 Å². The number of hydrogen-bond donors (Lipinski definition) is 1. The Morgan fingerprint density at radius 3 is 2.81 bits per heavy atom. The van der Waals surface area contributed by atoms with Gasteiger partial charge < -0.3 is 5.32 Å². The highest BCUT2D eigenvalue weighted by atomic mass is 32.1. The van der Waals surface area contributed by atoms with Gasteiger partial charge in [0.2, 0.25) is 0 Å². The van der Waals surface area contributed by atoms with E-state index in [1.54, 1.807) is 6.07 Å². The fraction of sp³-hybridized carbons (Fsp3) is 0.300. The summed E-state index contributed by atoms with van der Waals surface area (Å²) < 4.78 is 0.984. The van der Waals surface area contributed by atoms with Crippen LogP contribution in [0.15, 0.2) is 36.5 Å². The number of fused-ring (bicyclic) bond motifs is 1. The molecule has 0 spiro atoms. The van der Waals surface area contributed by atoms with Gasteiger partial charge in [-0.05, 0) is 67.7 Å². The number of anilines is 2. The van der Waals surface area contributed by atoms with Crippen LogP contribution in [0.4, 0.5) is 10.9 Å². The van der Waals surface area contributed by atoms with E-state index < -0.39 is 0 Å². The normalized spacial score (nSPS) is 15.3. The standard InChI is InChI=1S/C20H18N6S/c21-6-10-26-8-4-15(5-9-26)16-3-7-23-19(12-16)25-20-24-17-2-1-14(13-22)11-18(17)27-20/h1-3,7,11-12,15H,4-5,8-10H2,(H,23,24,25). The van der Waals surface area contributed by atoms with E-state index in [0.29, 0.717) is 18.0 Å². The molecule has 1 aliphatic heterocycles. The molecular formula is C20H18N6S. The molecule has 3 aromatic rings. The van der Waals surface area contributed by atoms with Crippen LogP contribution in [-0.2, 0) is 0 Å². The number of aromatic nitrogens is 2. The summed E-state index contributed by atoms with van der Waals surface area (Å²) in [5, 5.41) is 21.9. The van der Waals surface area contributed by atoms with Crippen molar-refractivity contribution in [3.8, 4) is 12.1 Å². The summed E-state index contributed by atoms with van der Waals surface area (Å²) in [6, 6.07) is 14.1. The summed E-state index contributed by atoms with van der Waals surface area (Å²) in [5.41, 5.74) is 2.79. The molecule has 2 aromatic heterocycles. The van der Waals surface area contributed by atoms with Gasteiger partial charge in [0.05, 0.1) is 34.5 Å². The lowest BCUT2D eigenvalue weighted by atomic mass is 9.90. The molecule has 1 N–H and O–H groups in total. The van der Waals surface area contributed by atoms with E-state index in [0.717, 1.165) is 47.1 Å². The van der Waals surface area contributed by atoms with Crippen molar-refractivity contribution in [2.75, 3.05) is 25.0 Å². The summed E-state index contributed by atoms with van der Waals surface area (Å²) in [4.78, 5) is 11.2. The van der Waals surface area contributed by atoms with E-state index in [1.807, 2.05) is 18.3 Å². The number of likely N-dealkylation sites (tertiary alicyclic amines) is 1. The lowest BCUT2D eigenvalue weighted by Crippen LogP contribution is -2.33. The van der Waals surface area contributed by atoms with Gasteiger partial charge in [0.15, 0.2) is 5.13 Å². The highest BCUT2D eigenvalue weighted by Gasteiger charge is 2.20. The first kappa shape index (κ1) is 17.4. The molecule has 0 bridgehead atoms. The SMILES string of the molecule is N#CCN1CCC(c2ccnc(Nc3nc4ccc(C#N)cc4s3)c2)CC1. The van der Waals surface area contributed by atoms with Crippen molar-refractivity contribution in [1.29, 1.82) is 10.5 Å². The highest BCUT2D eigenvalue weighted by Crippen LogP contribution is 2.31. The van der Waals surface area contributed by atoms with Crippen molar-refractivity contribution in [3.63, 3.8) is 0 Å². The zero-order valence-electron chi connectivity index (χ0n) is 14.7. The molecule has 134 valence electrons. The predicted molar refractivity (Wildman–Crippen MR) is 106 cm³/mol. The lowest BCUT2D eigenvalue weighted by molar-refractivity contribution is 0.235. The van der Waals surface area contributed by atoms with Gasteiger partial charge in [-0.1, -0.05) is 11.3 Å². The Morgan fingerprint density at radius 1 is 1.19 bits per heavy atom. The second kappa shape index (κ2) is 7.71. The predicted octanol–water partition coefficient (Wildman–Crippen LogP) is 4.01. The molecule has 1 aromatic carbocycles. The van der Waals surface area contributed by atoms with Crippen LogP contribution in [0.1, 0.15) is 29.9 Å². The number of pyridine rings is 1. The maximum Gasteiger partial charge on any atom is 0.189 e. The Kier molecular flexibility index (Phi) is 4.97. The molecule has 0 amide bonds. The molecule has 0 atom stereocenters. The fourth-order valence-electron chi connectivity index (χ4n) is 3.45. The number of piperidine rings is 1. The number of benzene rings is 1. The van der Waals surface area contributed by atoms with Crippen LogP contribution in [0.5, 0.6) is 0 Å². The molecule has 7 heteroatoms. The van der Waals surface area contributed by atoms with Crippen LogP contribution in [0.2, 0.25) is 0 Å². The quantitative estimate of drug-likeness (QED) is 0.694. The third-order valence-corrected chi connectivity index (χ3v) is 5.82. The molecule has 0 radical (unpaired) electrons. The van der Waals surface area contributed by atoms with Gasteiger partial charge in [0.25, 0.3) is 0 Å². The van der Waals surface area contributed by atoms with Crippen LogP contribution in [0.3, 0.4) is 0 Å². The van der Waals surface area contributed by atoms with Crippen molar-refractivity contribution in [3.05, 3.63) is 47.7 Å². The second-order valence-electron chi connectivity index (χ2n) is 6.62. The Labute approximate surface area is 161 Å². The van der Waals surface area contributed by atoms with Gasteiger partial charge in [-0.25, -0.2) is 9.97 Å². The minimum atomic E-state index is 0.497. The number of hydrogen-bond acceptors (Lipinski definition) is 7. The van der Waals surface area contributed by atoms with Crippen molar-refractivity contribution in [1.82, 2.24) is 14.9 Å². The molecule has 1 aliphatic rings. The minimum Gasteiger partial charge on any atom is -0.316 e. The average Bonchev–Trinajstić information content (AvgIpc) is 3.10. The Balaban J connectivity index is 1.48. The molecule has 1 saturated heterocycles. The van der Waals surface area contributed by atoms with Crippen LogP contribution in [0.25, 0.3) is 10.2 Å². The van der Waals surface area contributed by atoms with Crippen molar-refractivity contribution in [2.24, 2.45) is 0 Å². The Morgan fingerprint density at radius 2 is 2.04 bits per heavy atom. The van der Waals surface area contributed by atoms with Gasteiger partial charge >= 0.3 is 0 Å². The van der Waals surface area contributed by atoms with E-state index >= 15 is 0 Å². The zero-order chi connectivity index (χ0) is 18.6. The van der Waals surface area contributed by atoms with Crippen LogP contribution in [-0.4, -0.2) is 34.5 Å². The van der Waals surface area contributed by atoms with Crippen molar-refractivity contribution in [2.45, 2.75) is 18.8 Å². The molecule has 27 heavy (non-hydrogen) atoms. The van der Waals surface area contributed by atoms with Crippen LogP contribution in [0, 0.1) is 22.7 Å². The van der Waals surface area contributed by atoms with E-state index in [2.05, 4.69) is 44.5 Å². The molecule has 1 fully saturated rings. The number of thiazole rings is 1. The average molecular weight is 374 g/mol. The summed E-state index contributed by atoms with van der Waals surface area (Å²) >= 11 is 1.52. The van der Waals surface area contributed by atoms with Gasteiger partial charge in [0.1, 0.15) is 5.82 Å². The largest absolute Gasteiger partial charge is 0.316 e. The number of nitriles is 2. The monoisotopic (exact) mass is 374 g/mol. The smallest absolute Gasteiger partial charge is 0.189 e. The summed E-state index contributed by atoms with van der Waals surface area (Å²) in [5.74, 6) is 1.28. The first-order valence-corrected chi connectivity index (χ1v) is 9.70. The first-order chi connectivity index (χ1) is 13.2. The topological polar surface area (TPSA) is 88.6 Å². The summed E-state index contributed by atoms with van der Waals surface area (Å²) in [7, 11) is 0. The lowest BCUT2D eigenvalue weighted by Gasteiger charge is -2.30. The third-order valence-electron chi connectivity index (χ3n) is 4.89. The summed E-state index contributed by atoms with van der Waals surface area (Å²) in [6.07, 6.45) is 3.95. The van der Waals surface area contributed by atoms with Gasteiger partial charge in [0, 0.05) is 6.20 Å². The third kappa shape index (κ3) is 3.90. The number of nitrogens with one attached hydrogen (secondary N) is 1. The zero-order valence-corrected chi connectivity index (χ0v) is 15.5. The van der Waals surface area contributed by atoms with Crippen LogP contribution < -0.4 is 5.32 Å². The van der Waals surface area contributed by atoms with E-state index in [-0.39, 0.29) is 0 Å².